The number of alkyl halides is 3. The molecule has 0 aromatic carbocycles. The lowest BCUT2D eigenvalue weighted by molar-refractivity contribution is -0.141. The molecule has 0 fully saturated rings. The molecule has 1 atom stereocenters. The molecule has 1 aliphatic carbocycles. The first-order chi connectivity index (χ1) is 9.45. The van der Waals surface area contributed by atoms with Crippen LogP contribution in [0.25, 0.3) is 5.69 Å². The van der Waals surface area contributed by atoms with Gasteiger partial charge in [-0.1, -0.05) is 0 Å². The first-order valence-corrected chi connectivity index (χ1v) is 6.33. The van der Waals surface area contributed by atoms with E-state index in [1.807, 2.05) is 0 Å². The fourth-order valence-corrected chi connectivity index (χ4v) is 2.42. The predicted molar refractivity (Wildman–Crippen MR) is 66.2 cm³/mol. The zero-order chi connectivity index (χ0) is 14.3. The van der Waals surface area contributed by atoms with Gasteiger partial charge in [-0.25, -0.2) is 4.68 Å². The predicted octanol–water partition coefficient (Wildman–Crippen LogP) is 2.62. The van der Waals surface area contributed by atoms with Crippen molar-refractivity contribution in [1.29, 1.82) is 0 Å². The van der Waals surface area contributed by atoms with Crippen molar-refractivity contribution < 1.29 is 13.2 Å². The molecule has 0 unspecified atom stereocenters. The Labute approximate surface area is 113 Å². The normalized spacial score (nSPS) is 18.9. The number of hydrogen-bond donors (Lipinski definition) is 1. The van der Waals surface area contributed by atoms with Gasteiger partial charge in [0.1, 0.15) is 5.69 Å². The van der Waals surface area contributed by atoms with E-state index in [1.54, 1.807) is 6.20 Å². The summed E-state index contributed by atoms with van der Waals surface area (Å²) in [4.78, 5) is 3.34. The number of pyridine rings is 1. The molecule has 2 heterocycles. The zero-order valence-corrected chi connectivity index (χ0v) is 10.6. The molecule has 2 aromatic rings. The highest BCUT2D eigenvalue weighted by molar-refractivity contribution is 5.35. The van der Waals surface area contributed by atoms with E-state index in [0.717, 1.165) is 42.8 Å². The van der Waals surface area contributed by atoms with E-state index in [9.17, 15) is 13.2 Å². The Bertz CT molecular complexity index is 633. The molecule has 0 aliphatic heterocycles. The molecule has 2 aromatic heterocycles. The van der Waals surface area contributed by atoms with E-state index in [0.29, 0.717) is 5.69 Å². The molecular formula is C13H13F3N4. The molecule has 0 saturated carbocycles. The molecule has 1 aliphatic rings. The maximum Gasteiger partial charge on any atom is 0.433 e. The van der Waals surface area contributed by atoms with Gasteiger partial charge in [-0.15, -0.1) is 0 Å². The third-order valence-corrected chi connectivity index (χ3v) is 3.45. The fraction of sp³-hybridized carbons (Fsp3) is 0.385. The van der Waals surface area contributed by atoms with Gasteiger partial charge >= 0.3 is 6.18 Å². The van der Waals surface area contributed by atoms with Gasteiger partial charge < -0.3 is 5.73 Å². The van der Waals surface area contributed by atoms with Crippen LogP contribution in [-0.4, -0.2) is 14.8 Å². The van der Waals surface area contributed by atoms with E-state index >= 15 is 0 Å². The molecule has 0 saturated heterocycles. The highest BCUT2D eigenvalue weighted by Gasteiger charge is 2.32. The van der Waals surface area contributed by atoms with Crippen LogP contribution < -0.4 is 5.73 Å². The van der Waals surface area contributed by atoms with Crippen molar-refractivity contribution in [1.82, 2.24) is 14.8 Å². The minimum Gasteiger partial charge on any atom is -0.324 e. The summed E-state index contributed by atoms with van der Waals surface area (Å²) >= 11 is 0. The molecule has 106 valence electrons. The third kappa shape index (κ3) is 2.29. The molecule has 7 heteroatoms. The van der Waals surface area contributed by atoms with E-state index in [2.05, 4.69) is 10.1 Å². The molecule has 0 radical (unpaired) electrons. The van der Waals surface area contributed by atoms with Crippen molar-refractivity contribution in [2.45, 2.75) is 31.5 Å². The van der Waals surface area contributed by atoms with E-state index in [4.69, 9.17) is 5.73 Å². The van der Waals surface area contributed by atoms with Gasteiger partial charge in [0, 0.05) is 24.0 Å². The Hall–Kier alpha value is -1.89. The number of aryl methyl sites for hydroxylation is 1. The molecule has 3 rings (SSSR count). The highest BCUT2D eigenvalue weighted by Crippen LogP contribution is 2.30. The standard InChI is InChI=1S/C13H13F3N4/c14-13(15,16)12-6-8(4-5-18-12)20-7-9-10(17)2-1-3-11(9)19-20/h4-7,10H,1-3,17H2/t10-/m1/s1. The minimum atomic E-state index is -4.46. The topological polar surface area (TPSA) is 56.7 Å². The van der Waals surface area contributed by atoms with Gasteiger partial charge in [0.25, 0.3) is 0 Å². The SMILES string of the molecule is N[C@@H]1CCCc2nn(-c3ccnc(C(F)(F)F)c3)cc21. The largest absolute Gasteiger partial charge is 0.433 e. The van der Waals surface area contributed by atoms with Crippen LogP contribution in [-0.2, 0) is 12.6 Å². The molecule has 2 N–H and O–H groups in total. The van der Waals surface area contributed by atoms with E-state index in [-0.39, 0.29) is 6.04 Å². The summed E-state index contributed by atoms with van der Waals surface area (Å²) in [5.41, 5.74) is 7.20. The number of halogens is 3. The molecule has 0 bridgehead atoms. The Kier molecular flexibility index (Phi) is 3.01. The third-order valence-electron chi connectivity index (χ3n) is 3.45. The maximum atomic E-state index is 12.7. The number of aromatic nitrogens is 3. The zero-order valence-electron chi connectivity index (χ0n) is 10.6. The summed E-state index contributed by atoms with van der Waals surface area (Å²) < 4.78 is 39.4. The summed E-state index contributed by atoms with van der Waals surface area (Å²) in [6, 6.07) is 2.40. The molecule has 4 nitrogen and oxygen atoms in total. The molecule has 0 spiro atoms. The smallest absolute Gasteiger partial charge is 0.324 e. The van der Waals surface area contributed by atoms with Crippen LogP contribution >= 0.6 is 0 Å². The van der Waals surface area contributed by atoms with Gasteiger partial charge in [0.15, 0.2) is 0 Å². The first-order valence-electron chi connectivity index (χ1n) is 6.33. The summed E-state index contributed by atoms with van der Waals surface area (Å²) in [6.45, 7) is 0. The average molecular weight is 282 g/mol. The molecule has 20 heavy (non-hydrogen) atoms. The first kappa shape index (κ1) is 13.1. The van der Waals surface area contributed by atoms with Gasteiger partial charge in [-0.05, 0) is 31.4 Å². The lowest BCUT2D eigenvalue weighted by Gasteiger charge is -2.15. The Balaban J connectivity index is 2.02. The summed E-state index contributed by atoms with van der Waals surface area (Å²) in [5, 5.41) is 4.34. The molecule has 0 amide bonds. The Morgan fingerprint density at radius 3 is 2.85 bits per heavy atom. The van der Waals surface area contributed by atoms with Crippen LogP contribution in [0.15, 0.2) is 24.5 Å². The lowest BCUT2D eigenvalue weighted by atomic mass is 9.94. The van der Waals surface area contributed by atoms with Crippen molar-refractivity contribution in [3.8, 4) is 5.69 Å². The van der Waals surface area contributed by atoms with Crippen LogP contribution in [0.1, 0.15) is 35.8 Å². The average Bonchev–Trinajstić information content (AvgIpc) is 2.83. The van der Waals surface area contributed by atoms with Crippen LogP contribution in [0.2, 0.25) is 0 Å². The van der Waals surface area contributed by atoms with Crippen molar-refractivity contribution in [3.05, 3.63) is 41.5 Å². The number of nitrogens with two attached hydrogens (primary N) is 1. The minimum absolute atomic E-state index is 0.0866. The summed E-state index contributed by atoms with van der Waals surface area (Å²) in [7, 11) is 0. The second-order valence-electron chi connectivity index (χ2n) is 4.87. The van der Waals surface area contributed by atoms with Crippen molar-refractivity contribution in [3.63, 3.8) is 0 Å². The van der Waals surface area contributed by atoms with Crippen LogP contribution in [0.4, 0.5) is 13.2 Å². The number of hydrogen-bond acceptors (Lipinski definition) is 3. The number of rotatable bonds is 1. The number of fused-ring (bicyclic) bond motifs is 1. The maximum absolute atomic E-state index is 12.7. The highest BCUT2D eigenvalue weighted by atomic mass is 19.4. The lowest BCUT2D eigenvalue weighted by Crippen LogP contribution is -2.15. The van der Waals surface area contributed by atoms with Crippen LogP contribution in [0, 0.1) is 0 Å². The Morgan fingerprint density at radius 1 is 1.35 bits per heavy atom. The quantitative estimate of drug-likeness (QED) is 0.874. The Morgan fingerprint density at radius 2 is 2.15 bits per heavy atom. The van der Waals surface area contributed by atoms with Gasteiger partial charge in [0.05, 0.1) is 11.4 Å². The van der Waals surface area contributed by atoms with E-state index < -0.39 is 11.9 Å². The summed E-state index contributed by atoms with van der Waals surface area (Å²) in [5.74, 6) is 0. The second-order valence-corrected chi connectivity index (χ2v) is 4.87. The van der Waals surface area contributed by atoms with Crippen molar-refractivity contribution in [2.24, 2.45) is 5.73 Å². The van der Waals surface area contributed by atoms with Gasteiger partial charge in [-0.3, -0.25) is 4.98 Å². The van der Waals surface area contributed by atoms with Crippen molar-refractivity contribution in [2.75, 3.05) is 0 Å². The van der Waals surface area contributed by atoms with Gasteiger partial charge in [0.2, 0.25) is 0 Å². The van der Waals surface area contributed by atoms with Crippen molar-refractivity contribution >= 4 is 0 Å². The monoisotopic (exact) mass is 282 g/mol. The fourth-order valence-electron chi connectivity index (χ4n) is 2.42. The van der Waals surface area contributed by atoms with Gasteiger partial charge in [-0.2, -0.15) is 18.3 Å². The van der Waals surface area contributed by atoms with E-state index in [1.165, 1.54) is 10.7 Å². The van der Waals surface area contributed by atoms with Crippen LogP contribution in [0.3, 0.4) is 0 Å². The number of nitrogens with zero attached hydrogens (tertiary/aromatic N) is 3. The summed E-state index contributed by atoms with van der Waals surface area (Å²) in [6.07, 6.45) is 1.04. The molecular weight excluding hydrogens is 269 g/mol. The van der Waals surface area contributed by atoms with Crippen LogP contribution in [0.5, 0.6) is 0 Å². The second kappa shape index (κ2) is 4.59.